The molecule has 1 unspecified atom stereocenters. The molecule has 0 amide bonds. The van der Waals surface area contributed by atoms with Gasteiger partial charge >= 0.3 is 5.97 Å². The van der Waals surface area contributed by atoms with Crippen LogP contribution >= 0.6 is 12.6 Å². The Morgan fingerprint density at radius 1 is 1.29 bits per heavy atom. The van der Waals surface area contributed by atoms with Crippen LogP contribution in [0.15, 0.2) is 0 Å². The summed E-state index contributed by atoms with van der Waals surface area (Å²) in [6, 6.07) is 0. The lowest BCUT2D eigenvalue weighted by atomic mass is 9.98. The van der Waals surface area contributed by atoms with E-state index in [1.54, 1.807) is 0 Å². The molecule has 0 bridgehead atoms. The maximum absolute atomic E-state index is 11.6. The van der Waals surface area contributed by atoms with Gasteiger partial charge in [0.2, 0.25) is 0 Å². The van der Waals surface area contributed by atoms with E-state index in [1.165, 1.54) is 19.3 Å². The fourth-order valence-corrected chi connectivity index (χ4v) is 1.75. The van der Waals surface area contributed by atoms with E-state index < -0.39 is 0 Å². The van der Waals surface area contributed by atoms with Gasteiger partial charge in [-0.15, -0.1) is 0 Å². The summed E-state index contributed by atoms with van der Waals surface area (Å²) in [5.74, 6) is 0.102. The van der Waals surface area contributed by atoms with Crippen molar-refractivity contribution in [1.29, 1.82) is 0 Å². The standard InChI is InChI=1S/C11H20O2S/c1-8(2)10(14)11(12)13-9-6-4-3-5-7-9/h8-10,14H,3-7H2,1-2H3. The molecule has 1 atom stereocenters. The molecule has 0 aliphatic heterocycles. The summed E-state index contributed by atoms with van der Waals surface area (Å²) in [6.07, 6.45) is 5.88. The first kappa shape index (κ1) is 11.9. The van der Waals surface area contributed by atoms with E-state index in [1.807, 2.05) is 13.8 Å². The number of rotatable bonds is 3. The van der Waals surface area contributed by atoms with Crippen molar-refractivity contribution in [3.8, 4) is 0 Å². The SMILES string of the molecule is CC(C)C(S)C(=O)OC1CCCCC1. The van der Waals surface area contributed by atoms with E-state index in [4.69, 9.17) is 4.74 Å². The summed E-state index contributed by atoms with van der Waals surface area (Å²) >= 11 is 4.24. The highest BCUT2D eigenvalue weighted by Crippen LogP contribution is 2.22. The summed E-state index contributed by atoms with van der Waals surface area (Å²) in [6.45, 7) is 3.97. The van der Waals surface area contributed by atoms with Crippen molar-refractivity contribution in [3.05, 3.63) is 0 Å². The predicted molar refractivity (Wildman–Crippen MR) is 60.6 cm³/mol. The van der Waals surface area contributed by atoms with Crippen molar-refractivity contribution < 1.29 is 9.53 Å². The lowest BCUT2D eigenvalue weighted by Crippen LogP contribution is -2.29. The van der Waals surface area contributed by atoms with Gasteiger partial charge in [0.25, 0.3) is 0 Å². The Hall–Kier alpha value is -0.180. The number of carbonyl (C=O) groups excluding carboxylic acids is 1. The molecule has 0 saturated heterocycles. The van der Waals surface area contributed by atoms with Gasteiger partial charge in [-0.3, -0.25) is 4.79 Å². The minimum Gasteiger partial charge on any atom is -0.462 e. The monoisotopic (exact) mass is 216 g/mol. The average molecular weight is 216 g/mol. The molecular formula is C11H20O2S. The molecule has 0 N–H and O–H groups in total. The van der Waals surface area contributed by atoms with Crippen LogP contribution in [0.3, 0.4) is 0 Å². The third-order valence-electron chi connectivity index (χ3n) is 2.71. The second-order valence-electron chi connectivity index (χ2n) is 4.39. The first-order valence-corrected chi connectivity index (χ1v) is 6.01. The second-order valence-corrected chi connectivity index (χ2v) is 4.94. The number of thiol groups is 1. The largest absolute Gasteiger partial charge is 0.462 e. The van der Waals surface area contributed by atoms with E-state index in [0.717, 1.165) is 12.8 Å². The zero-order chi connectivity index (χ0) is 10.6. The topological polar surface area (TPSA) is 26.3 Å². The molecule has 0 heterocycles. The minimum atomic E-state index is -0.267. The lowest BCUT2D eigenvalue weighted by molar-refractivity contribution is -0.150. The summed E-state index contributed by atoms with van der Waals surface area (Å²) in [5, 5.41) is -0.267. The fraction of sp³-hybridized carbons (Fsp3) is 0.909. The Morgan fingerprint density at radius 3 is 2.36 bits per heavy atom. The Balaban J connectivity index is 2.31. The zero-order valence-electron chi connectivity index (χ0n) is 9.03. The van der Waals surface area contributed by atoms with Gasteiger partial charge < -0.3 is 4.74 Å². The molecule has 14 heavy (non-hydrogen) atoms. The second kappa shape index (κ2) is 5.64. The van der Waals surface area contributed by atoms with Crippen LogP contribution in [-0.4, -0.2) is 17.3 Å². The molecule has 2 nitrogen and oxygen atoms in total. The smallest absolute Gasteiger partial charge is 0.319 e. The molecule has 1 rings (SSSR count). The normalized spacial score (nSPS) is 20.9. The van der Waals surface area contributed by atoms with Crippen molar-refractivity contribution in [2.75, 3.05) is 0 Å². The first-order valence-electron chi connectivity index (χ1n) is 5.50. The minimum absolute atomic E-state index is 0.143. The van der Waals surface area contributed by atoms with E-state index in [0.29, 0.717) is 0 Å². The molecule has 1 fully saturated rings. The molecule has 0 aromatic rings. The van der Waals surface area contributed by atoms with Crippen LogP contribution in [-0.2, 0) is 9.53 Å². The summed E-state index contributed by atoms with van der Waals surface area (Å²) in [7, 11) is 0. The lowest BCUT2D eigenvalue weighted by Gasteiger charge is -2.24. The fourth-order valence-electron chi connectivity index (χ4n) is 1.69. The number of esters is 1. The molecule has 0 radical (unpaired) electrons. The summed E-state index contributed by atoms with van der Waals surface area (Å²) in [5.41, 5.74) is 0. The average Bonchev–Trinajstić information content (AvgIpc) is 2.18. The van der Waals surface area contributed by atoms with Crippen molar-refractivity contribution >= 4 is 18.6 Å². The van der Waals surface area contributed by atoms with Crippen LogP contribution in [0.1, 0.15) is 46.0 Å². The van der Waals surface area contributed by atoms with Gasteiger partial charge in [0.1, 0.15) is 11.4 Å². The highest BCUT2D eigenvalue weighted by atomic mass is 32.1. The highest BCUT2D eigenvalue weighted by Gasteiger charge is 2.23. The zero-order valence-corrected chi connectivity index (χ0v) is 9.93. The number of hydrogen-bond acceptors (Lipinski definition) is 3. The first-order chi connectivity index (χ1) is 6.61. The third-order valence-corrected chi connectivity index (χ3v) is 3.52. The number of ether oxygens (including phenoxy) is 1. The predicted octanol–water partition coefficient (Wildman–Crippen LogP) is 2.82. The molecule has 1 aliphatic rings. The van der Waals surface area contributed by atoms with E-state index >= 15 is 0 Å². The van der Waals surface area contributed by atoms with E-state index in [9.17, 15) is 4.79 Å². The number of hydrogen-bond donors (Lipinski definition) is 1. The van der Waals surface area contributed by atoms with Crippen LogP contribution < -0.4 is 0 Å². The Bertz CT molecular complexity index is 186. The molecule has 0 aromatic carbocycles. The van der Waals surface area contributed by atoms with Crippen LogP contribution in [0.25, 0.3) is 0 Å². The maximum atomic E-state index is 11.6. The molecule has 1 aliphatic carbocycles. The van der Waals surface area contributed by atoms with Crippen molar-refractivity contribution in [3.63, 3.8) is 0 Å². The van der Waals surface area contributed by atoms with Gasteiger partial charge in [-0.05, 0) is 31.6 Å². The molecule has 0 spiro atoms. The molecule has 0 aromatic heterocycles. The van der Waals surface area contributed by atoms with Crippen LogP contribution in [0, 0.1) is 5.92 Å². The van der Waals surface area contributed by atoms with Gasteiger partial charge in [-0.1, -0.05) is 20.3 Å². The van der Waals surface area contributed by atoms with Gasteiger partial charge in [-0.25, -0.2) is 0 Å². The molecule has 3 heteroatoms. The van der Waals surface area contributed by atoms with E-state index in [-0.39, 0.29) is 23.2 Å². The molecule has 82 valence electrons. The van der Waals surface area contributed by atoms with Gasteiger partial charge in [0.05, 0.1) is 0 Å². The third kappa shape index (κ3) is 3.52. The Labute approximate surface area is 91.8 Å². The Kier molecular flexibility index (Phi) is 4.79. The van der Waals surface area contributed by atoms with E-state index in [2.05, 4.69) is 12.6 Å². The quantitative estimate of drug-likeness (QED) is 0.580. The number of carbonyl (C=O) groups is 1. The molecular weight excluding hydrogens is 196 g/mol. The van der Waals surface area contributed by atoms with Crippen LogP contribution in [0.2, 0.25) is 0 Å². The van der Waals surface area contributed by atoms with Crippen molar-refractivity contribution in [1.82, 2.24) is 0 Å². The molecule has 1 saturated carbocycles. The van der Waals surface area contributed by atoms with Gasteiger partial charge in [-0.2, -0.15) is 12.6 Å². The van der Waals surface area contributed by atoms with Gasteiger partial charge in [0.15, 0.2) is 0 Å². The maximum Gasteiger partial charge on any atom is 0.319 e. The van der Waals surface area contributed by atoms with Crippen molar-refractivity contribution in [2.24, 2.45) is 5.92 Å². The van der Waals surface area contributed by atoms with Gasteiger partial charge in [0, 0.05) is 0 Å². The summed E-state index contributed by atoms with van der Waals surface area (Å²) < 4.78 is 5.40. The summed E-state index contributed by atoms with van der Waals surface area (Å²) in [4.78, 5) is 11.6. The Morgan fingerprint density at radius 2 is 1.86 bits per heavy atom. The van der Waals surface area contributed by atoms with Crippen LogP contribution in [0.4, 0.5) is 0 Å². The van der Waals surface area contributed by atoms with Crippen LogP contribution in [0.5, 0.6) is 0 Å². The van der Waals surface area contributed by atoms with Crippen molar-refractivity contribution in [2.45, 2.75) is 57.3 Å². The highest BCUT2D eigenvalue weighted by molar-refractivity contribution is 7.81.